The Bertz CT molecular complexity index is 1480. The number of carbonyl (C=O) groups is 1. The van der Waals surface area contributed by atoms with Crippen molar-refractivity contribution in [3.63, 3.8) is 0 Å². The number of hydrogen-bond donors (Lipinski definition) is 0. The SMILES string of the molecule is CCCN(CCC)S(=O)(=O)c1ccc(C(=O)N(Cc2ccccn2)c2nc3c(C)cc(Cl)cc3s2)cc1. The smallest absolute Gasteiger partial charge is 0.260 e. The molecule has 1 amide bonds. The summed E-state index contributed by atoms with van der Waals surface area (Å²) in [5, 5.41) is 1.13. The molecule has 0 unspecified atom stereocenters. The topological polar surface area (TPSA) is 83.5 Å². The van der Waals surface area contributed by atoms with Gasteiger partial charge in [-0.05, 0) is 73.9 Å². The average molecular weight is 557 g/mol. The van der Waals surface area contributed by atoms with Crippen LogP contribution in [0.2, 0.25) is 5.02 Å². The van der Waals surface area contributed by atoms with Crippen LogP contribution in [0.5, 0.6) is 0 Å². The Labute approximate surface area is 226 Å². The number of anilines is 1. The first-order valence-electron chi connectivity index (χ1n) is 12.1. The molecule has 0 saturated heterocycles. The van der Waals surface area contributed by atoms with Gasteiger partial charge in [-0.15, -0.1) is 0 Å². The lowest BCUT2D eigenvalue weighted by Gasteiger charge is -2.22. The van der Waals surface area contributed by atoms with Crippen LogP contribution in [-0.4, -0.2) is 41.7 Å². The largest absolute Gasteiger partial charge is 0.278 e. The summed E-state index contributed by atoms with van der Waals surface area (Å²) in [5.41, 5.74) is 2.78. The fourth-order valence-corrected chi connectivity index (χ4v) is 7.11. The monoisotopic (exact) mass is 556 g/mol. The molecule has 37 heavy (non-hydrogen) atoms. The summed E-state index contributed by atoms with van der Waals surface area (Å²) in [5.74, 6) is -0.295. The molecule has 0 aliphatic carbocycles. The molecule has 0 spiro atoms. The van der Waals surface area contributed by atoms with Gasteiger partial charge in [-0.2, -0.15) is 4.31 Å². The van der Waals surface area contributed by atoms with E-state index in [1.54, 1.807) is 23.2 Å². The number of thiazole rings is 1. The summed E-state index contributed by atoms with van der Waals surface area (Å²) < 4.78 is 28.7. The molecule has 0 saturated carbocycles. The zero-order valence-electron chi connectivity index (χ0n) is 21.0. The van der Waals surface area contributed by atoms with Crippen molar-refractivity contribution in [1.82, 2.24) is 14.3 Å². The molecule has 0 aliphatic heterocycles. The molecular formula is C27H29ClN4O3S2. The minimum atomic E-state index is -3.64. The number of benzene rings is 2. The van der Waals surface area contributed by atoms with Crippen LogP contribution in [0, 0.1) is 6.92 Å². The molecule has 0 N–H and O–H groups in total. The van der Waals surface area contributed by atoms with E-state index >= 15 is 0 Å². The normalized spacial score (nSPS) is 11.8. The van der Waals surface area contributed by atoms with Crippen LogP contribution >= 0.6 is 22.9 Å². The van der Waals surface area contributed by atoms with Gasteiger partial charge in [0.05, 0.1) is 27.4 Å². The maximum Gasteiger partial charge on any atom is 0.260 e. The van der Waals surface area contributed by atoms with Crippen molar-refractivity contribution in [3.8, 4) is 0 Å². The highest BCUT2D eigenvalue weighted by Crippen LogP contribution is 2.34. The van der Waals surface area contributed by atoms with E-state index in [4.69, 9.17) is 16.6 Å². The number of amides is 1. The van der Waals surface area contributed by atoms with Crippen molar-refractivity contribution in [1.29, 1.82) is 0 Å². The van der Waals surface area contributed by atoms with Crippen LogP contribution in [-0.2, 0) is 16.6 Å². The van der Waals surface area contributed by atoms with E-state index in [2.05, 4.69) is 4.98 Å². The van der Waals surface area contributed by atoms with Gasteiger partial charge in [0, 0.05) is 29.9 Å². The second-order valence-electron chi connectivity index (χ2n) is 8.71. The molecule has 4 aromatic rings. The average Bonchev–Trinajstić information content (AvgIpc) is 3.31. The first-order valence-corrected chi connectivity index (χ1v) is 14.8. The molecule has 0 fully saturated rings. The maximum absolute atomic E-state index is 13.8. The molecular weight excluding hydrogens is 528 g/mol. The number of sulfonamides is 1. The quantitative estimate of drug-likeness (QED) is 0.228. The maximum atomic E-state index is 13.8. The number of rotatable bonds is 10. The Kier molecular flexibility index (Phi) is 8.59. The zero-order valence-corrected chi connectivity index (χ0v) is 23.4. The number of pyridine rings is 1. The molecule has 2 aromatic heterocycles. The minimum absolute atomic E-state index is 0.174. The number of aromatic nitrogens is 2. The minimum Gasteiger partial charge on any atom is -0.278 e. The van der Waals surface area contributed by atoms with E-state index < -0.39 is 10.0 Å². The fourth-order valence-electron chi connectivity index (χ4n) is 4.06. The molecule has 4 rings (SSSR count). The highest BCUT2D eigenvalue weighted by Gasteiger charge is 2.26. The molecule has 7 nitrogen and oxygen atoms in total. The van der Waals surface area contributed by atoms with Gasteiger partial charge in [-0.1, -0.05) is 42.9 Å². The van der Waals surface area contributed by atoms with Crippen LogP contribution in [0.4, 0.5) is 5.13 Å². The molecule has 194 valence electrons. The van der Waals surface area contributed by atoms with E-state index in [0.29, 0.717) is 34.5 Å². The second kappa shape index (κ2) is 11.7. The van der Waals surface area contributed by atoms with Gasteiger partial charge in [0.15, 0.2) is 5.13 Å². The van der Waals surface area contributed by atoms with Crippen LogP contribution in [0.1, 0.15) is 48.3 Å². The summed E-state index contributed by atoms with van der Waals surface area (Å²) >= 11 is 7.63. The van der Waals surface area contributed by atoms with Crippen molar-refractivity contribution in [2.24, 2.45) is 0 Å². The zero-order chi connectivity index (χ0) is 26.6. The molecule has 0 radical (unpaired) electrons. The van der Waals surface area contributed by atoms with E-state index in [0.717, 1.165) is 28.6 Å². The lowest BCUT2D eigenvalue weighted by atomic mass is 10.2. The Morgan fingerprint density at radius 3 is 2.35 bits per heavy atom. The molecule has 0 bridgehead atoms. The van der Waals surface area contributed by atoms with E-state index in [-0.39, 0.29) is 17.3 Å². The number of aryl methyl sites for hydroxylation is 1. The number of fused-ring (bicyclic) bond motifs is 1. The third kappa shape index (κ3) is 6.01. The summed E-state index contributed by atoms with van der Waals surface area (Å²) in [6.07, 6.45) is 3.13. The number of nitrogens with zero attached hydrogens (tertiary/aromatic N) is 4. The first kappa shape index (κ1) is 27.2. The standard InChI is InChI=1S/C27H29ClN4O3S2/c1-4-14-31(15-5-2)37(34,35)23-11-9-20(10-12-23)26(33)32(18-22-8-6-7-13-29-22)27-30-25-19(3)16-21(28)17-24(25)36-27/h6-13,16-17H,4-5,14-15,18H2,1-3H3. The Balaban J connectivity index is 1.70. The molecule has 2 heterocycles. The van der Waals surface area contributed by atoms with Crippen LogP contribution in [0.15, 0.2) is 65.7 Å². The third-order valence-corrected chi connectivity index (χ3v) is 9.00. The lowest BCUT2D eigenvalue weighted by Crippen LogP contribution is -2.33. The van der Waals surface area contributed by atoms with Gasteiger partial charge in [0.25, 0.3) is 5.91 Å². The molecule has 2 aromatic carbocycles. The molecule has 10 heteroatoms. The fraction of sp³-hybridized carbons (Fsp3) is 0.296. The predicted octanol–water partition coefficient (Wildman–Crippen LogP) is 6.31. The number of carbonyl (C=O) groups excluding carboxylic acids is 1. The summed E-state index contributed by atoms with van der Waals surface area (Å²) in [7, 11) is -3.64. The Morgan fingerprint density at radius 2 is 1.73 bits per heavy atom. The highest BCUT2D eigenvalue weighted by atomic mass is 35.5. The van der Waals surface area contributed by atoms with Gasteiger partial charge in [0.1, 0.15) is 0 Å². The van der Waals surface area contributed by atoms with Gasteiger partial charge < -0.3 is 0 Å². The lowest BCUT2D eigenvalue weighted by molar-refractivity contribution is 0.0984. The number of hydrogen-bond acceptors (Lipinski definition) is 6. The van der Waals surface area contributed by atoms with E-state index in [9.17, 15) is 13.2 Å². The van der Waals surface area contributed by atoms with Crippen LogP contribution < -0.4 is 4.90 Å². The summed E-state index contributed by atoms with van der Waals surface area (Å²) in [4.78, 5) is 24.6. The molecule has 0 atom stereocenters. The van der Waals surface area contributed by atoms with Gasteiger partial charge in [0.2, 0.25) is 10.0 Å². The van der Waals surface area contributed by atoms with Crippen molar-refractivity contribution in [2.75, 3.05) is 18.0 Å². The molecule has 0 aliphatic rings. The van der Waals surface area contributed by atoms with Crippen molar-refractivity contribution in [2.45, 2.75) is 45.1 Å². The first-order chi connectivity index (χ1) is 17.7. The highest BCUT2D eigenvalue weighted by molar-refractivity contribution is 7.89. The Morgan fingerprint density at radius 1 is 1.03 bits per heavy atom. The second-order valence-corrected chi connectivity index (χ2v) is 12.1. The predicted molar refractivity (Wildman–Crippen MR) is 150 cm³/mol. The van der Waals surface area contributed by atoms with Crippen molar-refractivity contribution in [3.05, 3.63) is 82.6 Å². The van der Waals surface area contributed by atoms with E-state index in [1.807, 2.05) is 51.1 Å². The van der Waals surface area contributed by atoms with Crippen molar-refractivity contribution >= 4 is 54.2 Å². The van der Waals surface area contributed by atoms with Gasteiger partial charge >= 0.3 is 0 Å². The van der Waals surface area contributed by atoms with Gasteiger partial charge in [-0.3, -0.25) is 14.7 Å². The van der Waals surface area contributed by atoms with Crippen LogP contribution in [0.25, 0.3) is 10.2 Å². The van der Waals surface area contributed by atoms with Gasteiger partial charge in [-0.25, -0.2) is 13.4 Å². The van der Waals surface area contributed by atoms with E-state index in [1.165, 1.54) is 27.8 Å². The Hall–Kier alpha value is -2.85. The third-order valence-electron chi connectivity index (χ3n) is 5.85. The number of halogens is 1. The van der Waals surface area contributed by atoms with Crippen LogP contribution in [0.3, 0.4) is 0 Å². The van der Waals surface area contributed by atoms with Crippen molar-refractivity contribution < 1.29 is 13.2 Å². The summed E-state index contributed by atoms with van der Waals surface area (Å²) in [6, 6.07) is 15.3. The summed E-state index contributed by atoms with van der Waals surface area (Å²) in [6.45, 7) is 6.96.